The van der Waals surface area contributed by atoms with Gasteiger partial charge in [-0.1, -0.05) is 25.1 Å². The first kappa shape index (κ1) is 21.4. The summed E-state index contributed by atoms with van der Waals surface area (Å²) < 4.78 is 0. The molecule has 0 spiro atoms. The van der Waals surface area contributed by atoms with Crippen LogP contribution in [0.2, 0.25) is 0 Å². The number of pyridine rings is 1. The first-order valence-corrected chi connectivity index (χ1v) is 10.5. The molecule has 0 bridgehead atoms. The molecule has 0 fully saturated rings. The number of carbonyl (C=O) groups excluding carboxylic acids is 1. The Bertz CT molecular complexity index is 1270. The molecule has 1 amide bonds. The van der Waals surface area contributed by atoms with Gasteiger partial charge in [-0.05, 0) is 50.3 Å². The lowest BCUT2D eigenvalue weighted by atomic mass is 10.0. The molecule has 3 heterocycles. The van der Waals surface area contributed by atoms with Crippen LogP contribution in [0.1, 0.15) is 12.6 Å². The van der Waals surface area contributed by atoms with Gasteiger partial charge in [-0.15, -0.1) is 0 Å². The second-order valence-electron chi connectivity index (χ2n) is 7.81. The van der Waals surface area contributed by atoms with Gasteiger partial charge in [0.1, 0.15) is 12.0 Å². The monoisotopic (exact) mass is 426 g/mol. The summed E-state index contributed by atoms with van der Waals surface area (Å²) in [6, 6.07) is 11.9. The summed E-state index contributed by atoms with van der Waals surface area (Å²) in [7, 11) is 3.92. The molecule has 162 valence electrons. The smallest absolute Gasteiger partial charge is 0.248 e. The molecule has 7 nitrogen and oxygen atoms in total. The standard InChI is InChI=1S/C25H26N6O/c1-4-19-13-23(29-16-28-19)22-15-27-25-21(22)12-18(14-26-25)17-7-5-8-20(11-17)30-24(32)9-6-10-31(2)3/h5-9,11-16H,4,10H2,1-3H3,(H,26,27)(H,30,32)/b9-6+. The molecule has 0 radical (unpaired) electrons. The number of rotatable bonds is 7. The minimum absolute atomic E-state index is 0.152. The van der Waals surface area contributed by atoms with Crippen LogP contribution in [0.5, 0.6) is 0 Å². The predicted octanol–water partition coefficient (Wildman–Crippen LogP) is 4.31. The molecule has 4 aromatic rings. The van der Waals surface area contributed by atoms with Crippen LogP contribution >= 0.6 is 0 Å². The molecule has 1 aromatic carbocycles. The van der Waals surface area contributed by atoms with E-state index in [9.17, 15) is 4.79 Å². The van der Waals surface area contributed by atoms with Crippen LogP contribution < -0.4 is 5.32 Å². The van der Waals surface area contributed by atoms with Gasteiger partial charge in [0.2, 0.25) is 5.91 Å². The molecule has 32 heavy (non-hydrogen) atoms. The Morgan fingerprint density at radius 2 is 2.00 bits per heavy atom. The number of amides is 1. The third-order valence-corrected chi connectivity index (χ3v) is 5.10. The van der Waals surface area contributed by atoms with Gasteiger partial charge in [-0.25, -0.2) is 15.0 Å². The number of fused-ring (bicyclic) bond motifs is 1. The number of hydrogen-bond acceptors (Lipinski definition) is 5. The van der Waals surface area contributed by atoms with Crippen LogP contribution in [0.25, 0.3) is 33.4 Å². The average Bonchev–Trinajstić information content (AvgIpc) is 3.22. The highest BCUT2D eigenvalue weighted by Crippen LogP contribution is 2.31. The normalized spacial score (nSPS) is 11.5. The summed E-state index contributed by atoms with van der Waals surface area (Å²) in [5, 5.41) is 3.91. The molecule has 0 aliphatic heterocycles. The quantitative estimate of drug-likeness (QED) is 0.430. The van der Waals surface area contributed by atoms with E-state index in [1.165, 1.54) is 0 Å². The van der Waals surface area contributed by atoms with E-state index >= 15 is 0 Å². The van der Waals surface area contributed by atoms with Crippen LogP contribution in [-0.2, 0) is 11.2 Å². The molecule has 2 N–H and O–H groups in total. The van der Waals surface area contributed by atoms with Crippen molar-refractivity contribution in [2.45, 2.75) is 13.3 Å². The Kier molecular flexibility index (Phi) is 6.37. The third-order valence-electron chi connectivity index (χ3n) is 5.10. The minimum Gasteiger partial charge on any atom is -0.345 e. The van der Waals surface area contributed by atoms with Crippen molar-refractivity contribution >= 4 is 22.6 Å². The van der Waals surface area contributed by atoms with E-state index in [-0.39, 0.29) is 5.91 Å². The van der Waals surface area contributed by atoms with E-state index in [0.717, 1.165) is 51.2 Å². The van der Waals surface area contributed by atoms with Crippen LogP contribution in [-0.4, -0.2) is 51.4 Å². The number of nitrogens with one attached hydrogen (secondary N) is 2. The Hall–Kier alpha value is -3.84. The Balaban J connectivity index is 1.62. The number of nitrogens with zero attached hydrogens (tertiary/aromatic N) is 4. The van der Waals surface area contributed by atoms with Gasteiger partial charge in [0.15, 0.2) is 0 Å². The number of aromatic nitrogens is 4. The van der Waals surface area contributed by atoms with Crippen molar-refractivity contribution in [2.24, 2.45) is 0 Å². The number of carbonyl (C=O) groups is 1. The molecule has 0 saturated carbocycles. The molecule has 0 aliphatic rings. The van der Waals surface area contributed by atoms with Gasteiger partial charge >= 0.3 is 0 Å². The Morgan fingerprint density at radius 1 is 1.12 bits per heavy atom. The molecule has 7 heteroatoms. The second kappa shape index (κ2) is 9.53. The zero-order chi connectivity index (χ0) is 22.5. The van der Waals surface area contributed by atoms with Crippen molar-refractivity contribution in [1.29, 1.82) is 0 Å². The maximum absolute atomic E-state index is 12.2. The lowest BCUT2D eigenvalue weighted by molar-refractivity contribution is -0.111. The summed E-state index contributed by atoms with van der Waals surface area (Å²) in [4.78, 5) is 30.7. The molecule has 4 rings (SSSR count). The summed E-state index contributed by atoms with van der Waals surface area (Å²) in [5.74, 6) is -0.152. The summed E-state index contributed by atoms with van der Waals surface area (Å²) in [6.07, 6.45) is 9.60. The zero-order valence-corrected chi connectivity index (χ0v) is 18.5. The molecule has 0 unspecified atom stereocenters. The SMILES string of the molecule is CCc1cc(-c2c[nH]c3ncc(-c4cccc(NC(=O)/C=C/CN(C)C)c4)cc23)ncn1. The van der Waals surface area contributed by atoms with E-state index in [1.807, 2.05) is 67.8 Å². The highest BCUT2D eigenvalue weighted by Gasteiger charge is 2.11. The van der Waals surface area contributed by atoms with E-state index < -0.39 is 0 Å². The lowest BCUT2D eigenvalue weighted by Crippen LogP contribution is -2.12. The van der Waals surface area contributed by atoms with Gasteiger partial charge in [-0.3, -0.25) is 4.79 Å². The Morgan fingerprint density at radius 3 is 2.81 bits per heavy atom. The largest absolute Gasteiger partial charge is 0.345 e. The van der Waals surface area contributed by atoms with Crippen molar-refractivity contribution < 1.29 is 4.79 Å². The third kappa shape index (κ3) is 4.90. The fourth-order valence-corrected chi connectivity index (χ4v) is 3.44. The van der Waals surface area contributed by atoms with Gasteiger partial charge < -0.3 is 15.2 Å². The van der Waals surface area contributed by atoms with Crippen LogP contribution in [0.4, 0.5) is 5.69 Å². The van der Waals surface area contributed by atoms with Crippen molar-refractivity contribution in [3.63, 3.8) is 0 Å². The molecular weight excluding hydrogens is 400 g/mol. The fourth-order valence-electron chi connectivity index (χ4n) is 3.44. The second-order valence-corrected chi connectivity index (χ2v) is 7.81. The van der Waals surface area contributed by atoms with Gasteiger partial charge in [-0.2, -0.15) is 0 Å². The lowest BCUT2D eigenvalue weighted by Gasteiger charge is -2.07. The molecule has 3 aromatic heterocycles. The first-order chi connectivity index (χ1) is 15.5. The van der Waals surface area contributed by atoms with Crippen molar-refractivity contribution in [3.8, 4) is 22.4 Å². The van der Waals surface area contributed by atoms with Gasteiger partial charge in [0, 0.05) is 52.9 Å². The van der Waals surface area contributed by atoms with Crippen LogP contribution in [0.15, 0.2) is 67.3 Å². The van der Waals surface area contributed by atoms with E-state index in [1.54, 1.807) is 12.4 Å². The maximum Gasteiger partial charge on any atom is 0.248 e. The first-order valence-electron chi connectivity index (χ1n) is 10.5. The van der Waals surface area contributed by atoms with Gasteiger partial charge in [0.05, 0.1) is 5.69 Å². The van der Waals surface area contributed by atoms with E-state index in [2.05, 4.69) is 38.2 Å². The van der Waals surface area contributed by atoms with Crippen molar-refractivity contribution in [3.05, 3.63) is 73.0 Å². The molecule has 0 saturated heterocycles. The molecule has 0 aliphatic carbocycles. The van der Waals surface area contributed by atoms with Crippen LogP contribution in [0, 0.1) is 0 Å². The van der Waals surface area contributed by atoms with E-state index in [0.29, 0.717) is 6.54 Å². The number of aromatic amines is 1. The highest BCUT2D eigenvalue weighted by molar-refractivity contribution is 6.00. The maximum atomic E-state index is 12.2. The van der Waals surface area contributed by atoms with Crippen molar-refractivity contribution in [2.75, 3.05) is 26.0 Å². The number of benzene rings is 1. The zero-order valence-electron chi connectivity index (χ0n) is 18.5. The average molecular weight is 427 g/mol. The van der Waals surface area contributed by atoms with Crippen molar-refractivity contribution in [1.82, 2.24) is 24.8 Å². The number of H-pyrrole nitrogens is 1. The summed E-state index contributed by atoms with van der Waals surface area (Å²) >= 11 is 0. The van der Waals surface area contributed by atoms with Gasteiger partial charge in [0.25, 0.3) is 0 Å². The predicted molar refractivity (Wildman–Crippen MR) is 128 cm³/mol. The number of aryl methyl sites for hydroxylation is 1. The van der Waals surface area contributed by atoms with E-state index in [4.69, 9.17) is 0 Å². The number of likely N-dealkylation sites (N-methyl/N-ethyl adjacent to an activating group) is 1. The fraction of sp³-hybridized carbons (Fsp3) is 0.200. The highest BCUT2D eigenvalue weighted by atomic mass is 16.1. The topological polar surface area (TPSA) is 86.8 Å². The Labute approximate surface area is 187 Å². The number of anilines is 1. The molecular formula is C25H26N6O. The number of hydrogen-bond donors (Lipinski definition) is 2. The summed E-state index contributed by atoms with van der Waals surface area (Å²) in [6.45, 7) is 2.79. The molecule has 0 atom stereocenters. The summed E-state index contributed by atoms with van der Waals surface area (Å²) in [5.41, 5.74) is 6.32. The minimum atomic E-state index is -0.152. The van der Waals surface area contributed by atoms with Crippen LogP contribution in [0.3, 0.4) is 0 Å².